The number of fused-ring (bicyclic) bond motifs is 1. The van der Waals surface area contributed by atoms with Crippen molar-refractivity contribution in [1.82, 2.24) is 0 Å². The van der Waals surface area contributed by atoms with E-state index in [0.717, 1.165) is 0 Å². The largest absolute Gasteiger partial charge is 0.462 e. The van der Waals surface area contributed by atoms with Crippen LogP contribution in [0.5, 0.6) is 0 Å². The van der Waals surface area contributed by atoms with E-state index in [-0.39, 0.29) is 17.7 Å². The molecule has 0 spiro atoms. The summed E-state index contributed by atoms with van der Waals surface area (Å²) in [4.78, 5) is 23.3. The van der Waals surface area contributed by atoms with Crippen molar-refractivity contribution in [1.29, 1.82) is 0 Å². The number of hydrogen-bond donors (Lipinski definition) is 0. The van der Waals surface area contributed by atoms with Crippen molar-refractivity contribution in [3.63, 3.8) is 0 Å². The highest BCUT2D eigenvalue weighted by Crippen LogP contribution is 2.33. The van der Waals surface area contributed by atoms with E-state index in [1.807, 2.05) is 0 Å². The van der Waals surface area contributed by atoms with Gasteiger partial charge in [-0.1, -0.05) is 60.7 Å². The number of allylic oxidation sites excluding steroid dienone is 2. The van der Waals surface area contributed by atoms with Gasteiger partial charge in [0.25, 0.3) is 0 Å². The number of hydrogen-bond acceptors (Lipinski definition) is 5. The molecule has 0 saturated carbocycles. The van der Waals surface area contributed by atoms with Gasteiger partial charge in [0.15, 0.2) is 0 Å². The molecular formula is C24H24O5. The molecule has 2 aromatic rings. The molecule has 1 aliphatic heterocycles. The van der Waals surface area contributed by atoms with Crippen molar-refractivity contribution in [2.24, 2.45) is 0 Å². The Morgan fingerprint density at radius 1 is 1.07 bits per heavy atom. The van der Waals surface area contributed by atoms with Crippen molar-refractivity contribution in [3.8, 4) is 0 Å². The second-order valence-corrected chi connectivity index (χ2v) is 6.75. The normalized spacial score (nSPS) is 18.1. The topological polar surface area (TPSA) is 65.1 Å². The molecule has 1 heterocycles. The summed E-state index contributed by atoms with van der Waals surface area (Å²) in [6, 6.07) is 14.9. The van der Waals surface area contributed by atoms with E-state index >= 15 is 0 Å². The standard InChI is InChI=1S/C12H12O5.C12H12/c1-2-15-11(13)8-5-3-4-6-9(8)12(14)17-10-7-16-10;1-9(2)11-8-7-10-5-3-4-6-12(10)11/h3-6,10H,2,7H2,1H3;3-8,11H,1H2,2H3. The molecule has 5 nitrogen and oxygen atoms in total. The number of carbonyl (C=O) groups excluding carboxylic acids is 2. The van der Waals surface area contributed by atoms with Gasteiger partial charge in [0.05, 0.1) is 17.7 Å². The van der Waals surface area contributed by atoms with Gasteiger partial charge >= 0.3 is 11.9 Å². The number of benzene rings is 2. The Morgan fingerprint density at radius 2 is 1.69 bits per heavy atom. The Bertz CT molecular complexity index is 940. The minimum Gasteiger partial charge on any atom is -0.462 e. The van der Waals surface area contributed by atoms with Crippen molar-refractivity contribution in [2.75, 3.05) is 13.2 Å². The Balaban J connectivity index is 0.000000176. The molecule has 0 bridgehead atoms. The van der Waals surface area contributed by atoms with Gasteiger partial charge < -0.3 is 14.2 Å². The maximum absolute atomic E-state index is 11.7. The van der Waals surface area contributed by atoms with E-state index in [4.69, 9.17) is 14.2 Å². The van der Waals surface area contributed by atoms with Gasteiger partial charge in [0.2, 0.25) is 6.29 Å². The molecule has 2 aromatic carbocycles. The number of rotatable bonds is 5. The van der Waals surface area contributed by atoms with Crippen molar-refractivity contribution < 1.29 is 23.8 Å². The SMILES string of the molecule is C=C(C)C1C=Cc2ccccc21.CCOC(=O)c1ccccc1C(=O)OC1CO1. The Kier molecular flexibility index (Phi) is 6.62. The van der Waals surface area contributed by atoms with Crippen molar-refractivity contribution in [3.05, 3.63) is 89.0 Å². The van der Waals surface area contributed by atoms with Crippen LogP contribution in [-0.4, -0.2) is 31.4 Å². The lowest BCUT2D eigenvalue weighted by atomic mass is 9.95. The van der Waals surface area contributed by atoms with Gasteiger partial charge in [0, 0.05) is 5.92 Å². The van der Waals surface area contributed by atoms with Gasteiger partial charge in [-0.15, -0.1) is 0 Å². The first-order valence-electron chi connectivity index (χ1n) is 9.52. The Hall–Kier alpha value is -3.18. The zero-order chi connectivity index (χ0) is 20.8. The van der Waals surface area contributed by atoms with Crippen LogP contribution in [0.3, 0.4) is 0 Å². The zero-order valence-corrected chi connectivity index (χ0v) is 16.6. The molecule has 0 radical (unpaired) electrons. The number of esters is 2. The molecule has 1 saturated heterocycles. The van der Waals surface area contributed by atoms with Gasteiger partial charge in [-0.2, -0.15) is 0 Å². The molecule has 0 amide bonds. The van der Waals surface area contributed by atoms with E-state index in [2.05, 4.69) is 49.9 Å². The Morgan fingerprint density at radius 3 is 2.31 bits per heavy atom. The summed E-state index contributed by atoms with van der Waals surface area (Å²) in [6.07, 6.45) is 3.92. The maximum atomic E-state index is 11.7. The minimum absolute atomic E-state index is 0.196. The van der Waals surface area contributed by atoms with Crippen LogP contribution in [0, 0.1) is 0 Å². The first-order chi connectivity index (χ1) is 14.0. The van der Waals surface area contributed by atoms with Crippen LogP contribution < -0.4 is 0 Å². The predicted molar refractivity (Wildman–Crippen MR) is 111 cm³/mol. The third-order valence-electron chi connectivity index (χ3n) is 4.51. The third-order valence-corrected chi connectivity index (χ3v) is 4.51. The van der Waals surface area contributed by atoms with Crippen LogP contribution in [-0.2, 0) is 14.2 Å². The molecule has 2 atom stereocenters. The molecule has 1 fully saturated rings. The van der Waals surface area contributed by atoms with Crippen molar-refractivity contribution in [2.45, 2.75) is 26.1 Å². The predicted octanol–water partition coefficient (Wildman–Crippen LogP) is 4.75. The summed E-state index contributed by atoms with van der Waals surface area (Å²) in [5.41, 5.74) is 4.35. The second kappa shape index (κ2) is 9.34. The fraction of sp³-hybridized carbons (Fsp3) is 0.250. The van der Waals surface area contributed by atoms with E-state index in [0.29, 0.717) is 12.5 Å². The van der Waals surface area contributed by atoms with E-state index in [9.17, 15) is 9.59 Å². The van der Waals surface area contributed by atoms with Crippen LogP contribution >= 0.6 is 0 Å². The van der Waals surface area contributed by atoms with E-state index in [1.165, 1.54) is 28.8 Å². The van der Waals surface area contributed by atoms with Crippen LogP contribution in [0.4, 0.5) is 0 Å². The molecular weight excluding hydrogens is 368 g/mol. The molecule has 29 heavy (non-hydrogen) atoms. The first-order valence-corrected chi connectivity index (χ1v) is 9.52. The lowest BCUT2D eigenvalue weighted by molar-refractivity contribution is 0.0287. The number of ether oxygens (including phenoxy) is 3. The molecule has 5 heteroatoms. The van der Waals surface area contributed by atoms with Crippen LogP contribution in [0.1, 0.15) is 51.6 Å². The molecule has 2 unspecified atom stereocenters. The molecule has 2 aliphatic rings. The average molecular weight is 392 g/mol. The van der Waals surface area contributed by atoms with Gasteiger partial charge in [-0.3, -0.25) is 0 Å². The second-order valence-electron chi connectivity index (χ2n) is 6.75. The van der Waals surface area contributed by atoms with Gasteiger partial charge in [-0.25, -0.2) is 9.59 Å². The minimum atomic E-state index is -0.573. The van der Waals surface area contributed by atoms with Gasteiger partial charge in [0.1, 0.15) is 6.61 Å². The summed E-state index contributed by atoms with van der Waals surface area (Å²) in [7, 11) is 0. The monoisotopic (exact) mass is 392 g/mol. The van der Waals surface area contributed by atoms with E-state index < -0.39 is 18.2 Å². The average Bonchev–Trinajstić information content (AvgIpc) is 3.43. The smallest absolute Gasteiger partial charge is 0.341 e. The number of carbonyl (C=O) groups is 2. The Labute approximate surface area is 170 Å². The first kappa shape index (κ1) is 20.6. The number of epoxide rings is 1. The molecule has 150 valence electrons. The summed E-state index contributed by atoms with van der Waals surface area (Å²) >= 11 is 0. The highest BCUT2D eigenvalue weighted by atomic mass is 16.8. The highest BCUT2D eigenvalue weighted by Gasteiger charge is 2.29. The maximum Gasteiger partial charge on any atom is 0.341 e. The van der Waals surface area contributed by atoms with E-state index in [1.54, 1.807) is 19.1 Å². The van der Waals surface area contributed by atoms with Crippen molar-refractivity contribution >= 4 is 18.0 Å². The summed E-state index contributed by atoms with van der Waals surface area (Å²) in [6.45, 7) is 8.44. The lowest BCUT2D eigenvalue weighted by Gasteiger charge is -2.09. The fourth-order valence-electron chi connectivity index (χ4n) is 3.02. The van der Waals surface area contributed by atoms with Gasteiger partial charge in [-0.05, 0) is 37.1 Å². The van der Waals surface area contributed by atoms with Crippen LogP contribution in [0.2, 0.25) is 0 Å². The molecule has 0 aromatic heterocycles. The zero-order valence-electron chi connectivity index (χ0n) is 16.6. The van der Waals surface area contributed by atoms with Crippen LogP contribution in [0.25, 0.3) is 6.08 Å². The lowest BCUT2D eigenvalue weighted by Crippen LogP contribution is -2.14. The quantitative estimate of drug-likeness (QED) is 0.417. The summed E-state index contributed by atoms with van der Waals surface area (Å²) in [5, 5.41) is 0. The summed E-state index contributed by atoms with van der Waals surface area (Å²) < 4.78 is 14.6. The fourth-order valence-corrected chi connectivity index (χ4v) is 3.02. The summed E-state index contributed by atoms with van der Waals surface area (Å²) in [5.74, 6) is -0.658. The third kappa shape index (κ3) is 5.21. The molecule has 1 aliphatic carbocycles. The highest BCUT2D eigenvalue weighted by molar-refractivity contribution is 6.03. The van der Waals surface area contributed by atoms with Crippen LogP contribution in [0.15, 0.2) is 66.8 Å². The molecule has 0 N–H and O–H groups in total. The molecule has 4 rings (SSSR count).